The Morgan fingerprint density at radius 3 is 0.656 bits per heavy atom. The van der Waals surface area contributed by atoms with Gasteiger partial charge in [-0.3, -0.25) is 4.79 Å². The van der Waals surface area contributed by atoms with E-state index in [-0.39, 0.29) is 125 Å². The third-order valence-corrected chi connectivity index (χ3v) is 17.2. The Kier molecular flexibility index (Phi) is 78.8. The van der Waals surface area contributed by atoms with E-state index in [2.05, 4.69) is 291 Å². The number of carboxylic acids is 1. The van der Waals surface area contributed by atoms with E-state index in [1.807, 2.05) is 12.1 Å². The lowest BCUT2D eigenvalue weighted by atomic mass is 9.84. The first-order chi connectivity index (χ1) is 38.7. The molecule has 550 valence electrons. The average molecular weight is 1390 g/mol. The van der Waals surface area contributed by atoms with Crippen LogP contribution in [-0.4, -0.2) is 11.1 Å². The zero-order valence-electron chi connectivity index (χ0n) is 50.2. The highest BCUT2D eigenvalue weighted by Gasteiger charge is 2.19. The highest BCUT2D eigenvalue weighted by Crippen LogP contribution is 2.36. The summed E-state index contributed by atoms with van der Waals surface area (Å²) in [5, 5.41) is 9.76. The molecule has 0 radical (unpaired) electrons. The van der Waals surface area contributed by atoms with Crippen molar-refractivity contribution in [2.45, 2.75) is 299 Å². The smallest absolute Gasteiger partial charge is 0.307 e. The SMILES string of the molecule is C.C.C.C.C.C.C.C.C.C.C.C.C.C.C.C.CCC(CC(C)c1ccc(C)cc1)c1ccccc1.CCC(CC(C)c1ccc(C)cc1)c1ccccc1.CCC(CC(C)c1ccc(CBr)cc1)c1ccccc1.CCC(CC(C)c1ccc(CC(=O)O)cc1)c1ccccc1. The summed E-state index contributed by atoms with van der Waals surface area (Å²) in [6.07, 6.45) is 9.62. The lowest BCUT2D eigenvalue weighted by Gasteiger charge is -2.20. The van der Waals surface area contributed by atoms with Gasteiger partial charge in [0.15, 0.2) is 0 Å². The maximum Gasteiger partial charge on any atom is 0.307 e. The molecule has 0 aliphatic carbocycles. The normalized spacial score (nSPS) is 11.6. The van der Waals surface area contributed by atoms with Gasteiger partial charge in [-0.05, 0) is 168 Å². The molecule has 0 amide bonds. The first-order valence-electron chi connectivity index (χ1n) is 30.0. The van der Waals surface area contributed by atoms with Gasteiger partial charge < -0.3 is 5.11 Å². The average Bonchev–Trinajstić information content (AvgIpc) is 0.963. The minimum Gasteiger partial charge on any atom is -0.481 e. The van der Waals surface area contributed by atoms with Crippen molar-refractivity contribution >= 4 is 21.9 Å². The molecule has 8 rings (SSSR count). The van der Waals surface area contributed by atoms with E-state index in [0.717, 1.165) is 23.7 Å². The van der Waals surface area contributed by atoms with Gasteiger partial charge in [-0.1, -0.05) is 420 Å². The molecule has 0 spiro atoms. The number of alkyl halides is 1. The Morgan fingerprint density at radius 2 is 0.479 bits per heavy atom. The fourth-order valence-corrected chi connectivity index (χ4v) is 11.5. The lowest BCUT2D eigenvalue weighted by molar-refractivity contribution is -0.136. The number of rotatable bonds is 23. The summed E-state index contributed by atoms with van der Waals surface area (Å²) in [4.78, 5) is 10.7. The molecule has 8 aromatic carbocycles. The zero-order valence-corrected chi connectivity index (χ0v) is 51.8. The highest BCUT2D eigenvalue weighted by atomic mass is 79.9. The molecule has 8 atom stereocenters. The van der Waals surface area contributed by atoms with E-state index in [1.54, 1.807) is 0 Å². The molecule has 0 fully saturated rings. The molecule has 2 nitrogen and oxygen atoms in total. The molecule has 0 saturated carbocycles. The van der Waals surface area contributed by atoms with Crippen LogP contribution in [0.15, 0.2) is 218 Å². The summed E-state index contributed by atoms with van der Waals surface area (Å²) in [6, 6.07) is 78.4. The predicted molar refractivity (Wildman–Crippen MR) is 457 cm³/mol. The van der Waals surface area contributed by atoms with Crippen molar-refractivity contribution < 1.29 is 9.90 Å². The number of hydrogen-bond donors (Lipinski definition) is 1. The molecule has 8 aromatic rings. The van der Waals surface area contributed by atoms with E-state index < -0.39 is 5.97 Å². The van der Waals surface area contributed by atoms with Crippen molar-refractivity contribution in [3.63, 3.8) is 0 Å². The van der Waals surface area contributed by atoms with Gasteiger partial charge in [-0.2, -0.15) is 0 Å². The Morgan fingerprint density at radius 1 is 0.292 bits per heavy atom. The van der Waals surface area contributed by atoms with Crippen molar-refractivity contribution in [1.29, 1.82) is 0 Å². The number of benzene rings is 8. The lowest BCUT2D eigenvalue weighted by Crippen LogP contribution is -2.04. The molecule has 0 bridgehead atoms. The minimum absolute atomic E-state index is 0. The molecular weight excluding hydrogens is 1230 g/mol. The molecule has 96 heavy (non-hydrogen) atoms. The monoisotopic (exact) mass is 1390 g/mol. The third-order valence-electron chi connectivity index (χ3n) is 16.5. The van der Waals surface area contributed by atoms with Crippen LogP contribution in [0.25, 0.3) is 0 Å². The Bertz CT molecular complexity index is 2770. The van der Waals surface area contributed by atoms with E-state index in [9.17, 15) is 4.79 Å². The minimum atomic E-state index is -0.782. The van der Waals surface area contributed by atoms with Gasteiger partial charge in [0.1, 0.15) is 0 Å². The van der Waals surface area contributed by atoms with Gasteiger partial charge in [0.05, 0.1) is 6.42 Å². The molecule has 1 N–H and O–H groups in total. The maximum absolute atomic E-state index is 10.7. The van der Waals surface area contributed by atoms with Crippen LogP contribution in [-0.2, 0) is 16.5 Å². The number of halogens is 1. The summed E-state index contributed by atoms with van der Waals surface area (Å²) in [6.45, 7) is 22.7. The second-order valence-corrected chi connectivity index (χ2v) is 23.2. The maximum atomic E-state index is 10.7. The van der Waals surface area contributed by atoms with Crippen LogP contribution in [0.4, 0.5) is 0 Å². The molecule has 0 saturated heterocycles. The van der Waals surface area contributed by atoms with Crippen molar-refractivity contribution in [3.05, 3.63) is 285 Å². The molecule has 0 aliphatic rings. The van der Waals surface area contributed by atoms with E-state index in [1.165, 1.54) is 99.7 Å². The zero-order chi connectivity index (χ0) is 57.7. The molecular formula is C93H159BrO2. The summed E-state index contributed by atoms with van der Waals surface area (Å²) < 4.78 is 0. The Balaban J connectivity index is -0.0000000930. The summed E-state index contributed by atoms with van der Waals surface area (Å²) in [5.41, 5.74) is 16.4. The van der Waals surface area contributed by atoms with Crippen LogP contribution in [0.1, 0.15) is 340 Å². The van der Waals surface area contributed by atoms with E-state index in [4.69, 9.17) is 5.11 Å². The fourth-order valence-electron chi connectivity index (χ4n) is 11.2. The van der Waals surface area contributed by atoms with Gasteiger partial charge >= 0.3 is 5.97 Å². The van der Waals surface area contributed by atoms with Crippen molar-refractivity contribution in [3.8, 4) is 0 Å². The Labute approximate surface area is 611 Å². The number of aliphatic carboxylic acids is 1. The standard InChI is InChI=1S/C20H24O2.C19H23Br.2C19H24.16CH4/c1-3-17(19-7-5-4-6-8-19)13-15(2)18-11-9-16(10-12-18)14-20(21)22;1-3-17(19-7-5-4-6-8-19)13-15(2)18-11-9-16(14-20)10-12-18;2*1-4-17(19-8-6-5-7-9-19)14-16(3)18-12-10-15(2)11-13-18;;;;;;;;;;;;;;;;/h4-12,15,17H,3,13-14H2,1-2H3,(H,21,22);4-12,15,17H,3,13-14H2,1-2H3;2*5-13,16-17H,4,14H2,1-3H3;16*1H4. The van der Waals surface area contributed by atoms with Crippen LogP contribution in [0.2, 0.25) is 0 Å². The summed E-state index contributed by atoms with van der Waals surface area (Å²) >= 11 is 3.50. The van der Waals surface area contributed by atoms with Crippen LogP contribution >= 0.6 is 15.9 Å². The number of aryl methyl sites for hydroxylation is 2. The van der Waals surface area contributed by atoms with Gasteiger partial charge in [0.25, 0.3) is 0 Å². The second kappa shape index (κ2) is 64.7. The van der Waals surface area contributed by atoms with Crippen LogP contribution in [0, 0.1) is 13.8 Å². The quantitative estimate of drug-likeness (QED) is 0.0648. The summed E-state index contributed by atoms with van der Waals surface area (Å²) in [7, 11) is 0. The van der Waals surface area contributed by atoms with Crippen molar-refractivity contribution in [1.82, 2.24) is 0 Å². The number of carboxylic acid groups (broad SMARTS) is 1. The first kappa shape index (κ1) is 117. The Hall–Kier alpha value is -6.29. The van der Waals surface area contributed by atoms with Gasteiger partial charge in [-0.15, -0.1) is 0 Å². The molecule has 0 heterocycles. The molecule has 0 aliphatic heterocycles. The van der Waals surface area contributed by atoms with Gasteiger partial charge in [0, 0.05) is 5.33 Å². The van der Waals surface area contributed by atoms with Crippen molar-refractivity contribution in [2.75, 3.05) is 0 Å². The van der Waals surface area contributed by atoms with Gasteiger partial charge in [-0.25, -0.2) is 0 Å². The molecule has 0 aromatic heterocycles. The molecule has 3 heteroatoms. The second-order valence-electron chi connectivity index (χ2n) is 22.6. The van der Waals surface area contributed by atoms with Crippen molar-refractivity contribution in [2.24, 2.45) is 0 Å². The largest absolute Gasteiger partial charge is 0.481 e. The third kappa shape index (κ3) is 40.4. The topological polar surface area (TPSA) is 37.3 Å². The summed E-state index contributed by atoms with van der Waals surface area (Å²) in [5.74, 6) is 4.06. The predicted octanol–water partition coefficient (Wildman–Crippen LogP) is 32.8. The van der Waals surface area contributed by atoms with E-state index in [0.29, 0.717) is 47.3 Å². The van der Waals surface area contributed by atoms with Gasteiger partial charge in [0.2, 0.25) is 0 Å². The van der Waals surface area contributed by atoms with E-state index >= 15 is 0 Å². The fraction of sp³-hybridized carbons (Fsp3) is 0.473. The van der Waals surface area contributed by atoms with Crippen LogP contribution in [0.3, 0.4) is 0 Å². The number of carbonyl (C=O) groups is 1. The van der Waals surface area contributed by atoms with Crippen LogP contribution < -0.4 is 0 Å². The number of hydrogen-bond acceptors (Lipinski definition) is 1. The highest BCUT2D eigenvalue weighted by molar-refractivity contribution is 9.08. The molecule has 8 unspecified atom stereocenters. The van der Waals surface area contributed by atoms with Crippen LogP contribution in [0.5, 0.6) is 0 Å². The first-order valence-corrected chi connectivity index (χ1v) is 31.2.